The molecule has 18 heavy (non-hydrogen) atoms. The van der Waals surface area contributed by atoms with Gasteiger partial charge in [0, 0.05) is 24.1 Å². The van der Waals surface area contributed by atoms with Crippen LogP contribution in [0.5, 0.6) is 0 Å². The lowest BCUT2D eigenvalue weighted by Gasteiger charge is -2.02. The second-order valence-electron chi connectivity index (χ2n) is 5.50. The van der Waals surface area contributed by atoms with E-state index in [1.165, 1.54) is 0 Å². The number of aryl methyl sites for hydroxylation is 1. The van der Waals surface area contributed by atoms with Crippen LogP contribution in [0.15, 0.2) is 30.5 Å². The number of benzene rings is 1. The van der Waals surface area contributed by atoms with Crippen molar-refractivity contribution in [2.45, 2.75) is 19.6 Å². The second-order valence-corrected chi connectivity index (χ2v) is 10.2. The van der Waals surface area contributed by atoms with Gasteiger partial charge in [-0.05, 0) is 12.0 Å². The Morgan fingerprint density at radius 2 is 1.89 bits per heavy atom. The number of ketones is 1. The van der Waals surface area contributed by atoms with E-state index in [2.05, 4.69) is 31.1 Å². The zero-order chi connectivity index (χ0) is 13.3. The summed E-state index contributed by atoms with van der Waals surface area (Å²) in [6.45, 7) is 6.41. The summed E-state index contributed by atoms with van der Waals surface area (Å²) in [7, 11) is 0.447. The topological polar surface area (TPSA) is 22.0 Å². The van der Waals surface area contributed by atoms with Gasteiger partial charge in [0.2, 0.25) is 5.78 Å². The van der Waals surface area contributed by atoms with Crippen LogP contribution in [-0.4, -0.2) is 18.4 Å². The highest BCUT2D eigenvalue weighted by molar-refractivity contribution is 6.84. The summed E-state index contributed by atoms with van der Waals surface area (Å²) in [5, 5.41) is 0.981. The molecular weight excluding hydrogens is 238 g/mol. The lowest BCUT2D eigenvalue weighted by molar-refractivity contribution is 0.105. The fraction of sp³-hybridized carbons (Fsp3) is 0.267. The molecule has 0 aliphatic carbocycles. The third-order valence-corrected chi connectivity index (χ3v) is 3.57. The summed E-state index contributed by atoms with van der Waals surface area (Å²) in [4.78, 5) is 12.2. The molecule has 0 saturated heterocycles. The Balaban J connectivity index is 2.48. The number of fused-ring (bicyclic) bond motifs is 1. The first-order valence-electron chi connectivity index (χ1n) is 6.00. The number of aromatic nitrogens is 1. The molecule has 3 heteroatoms. The summed E-state index contributed by atoms with van der Waals surface area (Å²) >= 11 is 0. The summed E-state index contributed by atoms with van der Waals surface area (Å²) in [5.74, 6) is 2.73. The highest BCUT2D eigenvalue weighted by Gasteiger charge is 2.13. The van der Waals surface area contributed by atoms with E-state index in [0.29, 0.717) is 5.56 Å². The van der Waals surface area contributed by atoms with Crippen molar-refractivity contribution in [1.82, 2.24) is 4.57 Å². The number of carbonyl (C=O) groups is 1. The molecule has 0 N–H and O–H groups in total. The predicted molar refractivity (Wildman–Crippen MR) is 78.4 cm³/mol. The van der Waals surface area contributed by atoms with Gasteiger partial charge in [0.1, 0.15) is 8.07 Å². The van der Waals surface area contributed by atoms with Gasteiger partial charge < -0.3 is 4.57 Å². The van der Waals surface area contributed by atoms with Crippen molar-refractivity contribution in [2.24, 2.45) is 7.05 Å². The first-order chi connectivity index (χ1) is 8.38. The molecule has 0 radical (unpaired) electrons. The van der Waals surface area contributed by atoms with E-state index in [0.717, 1.165) is 10.9 Å². The fourth-order valence-corrected chi connectivity index (χ4v) is 2.32. The van der Waals surface area contributed by atoms with Gasteiger partial charge >= 0.3 is 0 Å². The molecule has 2 aromatic rings. The fourth-order valence-electron chi connectivity index (χ4n) is 1.83. The van der Waals surface area contributed by atoms with Crippen molar-refractivity contribution in [3.63, 3.8) is 0 Å². The minimum atomic E-state index is -1.50. The van der Waals surface area contributed by atoms with Crippen molar-refractivity contribution in [3.8, 4) is 11.5 Å². The largest absolute Gasteiger partial charge is 0.350 e. The first-order valence-corrected chi connectivity index (χ1v) is 9.50. The van der Waals surface area contributed by atoms with E-state index >= 15 is 0 Å². The molecule has 0 aliphatic rings. The highest BCUT2D eigenvalue weighted by Crippen LogP contribution is 2.20. The average Bonchev–Trinajstić information content (AvgIpc) is 2.64. The maximum Gasteiger partial charge on any atom is 0.237 e. The van der Waals surface area contributed by atoms with Crippen LogP contribution in [0.3, 0.4) is 0 Å². The van der Waals surface area contributed by atoms with Crippen LogP contribution >= 0.6 is 0 Å². The van der Waals surface area contributed by atoms with E-state index in [-0.39, 0.29) is 5.78 Å². The van der Waals surface area contributed by atoms with Crippen molar-refractivity contribution in [1.29, 1.82) is 0 Å². The SMILES string of the molecule is Cn1cc(C(=O)C#C[Si](C)(C)C)c2ccccc21. The van der Waals surface area contributed by atoms with Gasteiger partial charge in [-0.15, -0.1) is 5.54 Å². The Kier molecular flexibility index (Phi) is 3.14. The summed E-state index contributed by atoms with van der Waals surface area (Å²) in [5.41, 5.74) is 4.90. The van der Waals surface area contributed by atoms with E-state index < -0.39 is 8.07 Å². The Morgan fingerprint density at radius 1 is 1.22 bits per heavy atom. The number of nitrogens with zero attached hydrogens (tertiary/aromatic N) is 1. The molecule has 0 amide bonds. The molecule has 0 aliphatic heterocycles. The zero-order valence-electron chi connectivity index (χ0n) is 11.2. The Bertz CT molecular complexity index is 665. The van der Waals surface area contributed by atoms with Gasteiger partial charge in [-0.1, -0.05) is 37.8 Å². The molecule has 0 spiro atoms. The average molecular weight is 255 g/mol. The molecule has 2 rings (SSSR count). The number of Topliss-reactive ketones (excluding diaryl/α,β-unsaturated/α-hetero) is 1. The van der Waals surface area contributed by atoms with Crippen molar-refractivity contribution in [3.05, 3.63) is 36.0 Å². The monoisotopic (exact) mass is 255 g/mol. The Hall–Kier alpha value is -1.79. The second kappa shape index (κ2) is 4.47. The third-order valence-electron chi connectivity index (χ3n) is 2.69. The van der Waals surface area contributed by atoms with Gasteiger partial charge in [-0.2, -0.15) is 0 Å². The van der Waals surface area contributed by atoms with Crippen molar-refractivity contribution >= 4 is 24.8 Å². The molecule has 2 nitrogen and oxygen atoms in total. The molecule has 0 fully saturated rings. The van der Waals surface area contributed by atoms with Crippen LogP contribution in [0.2, 0.25) is 19.6 Å². The first kappa shape index (κ1) is 12.7. The van der Waals surface area contributed by atoms with E-state index in [1.807, 2.05) is 42.1 Å². The van der Waals surface area contributed by atoms with Crippen LogP contribution < -0.4 is 0 Å². The van der Waals surface area contributed by atoms with Gasteiger partial charge in [0.05, 0.1) is 5.56 Å². The third kappa shape index (κ3) is 2.54. The van der Waals surface area contributed by atoms with Crippen LogP contribution in [0, 0.1) is 11.5 Å². The Morgan fingerprint density at radius 3 is 2.56 bits per heavy atom. The smallest absolute Gasteiger partial charge is 0.237 e. The number of rotatable bonds is 1. The number of carbonyl (C=O) groups excluding carboxylic acids is 1. The lowest BCUT2D eigenvalue weighted by atomic mass is 10.1. The molecule has 1 aromatic heterocycles. The van der Waals surface area contributed by atoms with Crippen molar-refractivity contribution < 1.29 is 4.79 Å². The number of hydrogen-bond donors (Lipinski definition) is 0. The maximum absolute atomic E-state index is 12.2. The molecule has 0 bridgehead atoms. The molecule has 0 saturated carbocycles. The van der Waals surface area contributed by atoms with Crippen LogP contribution in [0.1, 0.15) is 10.4 Å². The minimum absolute atomic E-state index is 0.0748. The summed E-state index contributed by atoms with van der Waals surface area (Å²) in [6, 6.07) is 7.91. The normalized spacial score (nSPS) is 11.1. The van der Waals surface area contributed by atoms with Gasteiger partial charge in [-0.3, -0.25) is 4.79 Å². The standard InChI is InChI=1S/C15H17NOSi/c1-16-11-13(12-7-5-6-8-14(12)16)15(17)9-10-18(2,3)4/h5-8,11H,1-4H3. The van der Waals surface area contributed by atoms with Gasteiger partial charge in [-0.25, -0.2) is 0 Å². The van der Waals surface area contributed by atoms with Gasteiger partial charge in [0.25, 0.3) is 0 Å². The predicted octanol–water partition coefficient (Wildman–Crippen LogP) is 3.24. The Labute approximate surface area is 109 Å². The van der Waals surface area contributed by atoms with Crippen LogP contribution in [0.25, 0.3) is 10.9 Å². The minimum Gasteiger partial charge on any atom is -0.350 e. The quantitative estimate of drug-likeness (QED) is 0.435. The molecule has 0 atom stereocenters. The van der Waals surface area contributed by atoms with E-state index in [9.17, 15) is 4.79 Å². The number of para-hydroxylation sites is 1. The highest BCUT2D eigenvalue weighted by atomic mass is 28.3. The number of hydrogen-bond acceptors (Lipinski definition) is 1. The molecule has 0 unspecified atom stereocenters. The van der Waals surface area contributed by atoms with Crippen LogP contribution in [-0.2, 0) is 7.05 Å². The van der Waals surface area contributed by atoms with Crippen molar-refractivity contribution in [2.75, 3.05) is 0 Å². The van der Waals surface area contributed by atoms with E-state index in [4.69, 9.17) is 0 Å². The molecule has 1 heterocycles. The molecular formula is C15H17NOSi. The maximum atomic E-state index is 12.2. The van der Waals surface area contributed by atoms with E-state index in [1.54, 1.807) is 0 Å². The molecule has 92 valence electrons. The molecule has 1 aromatic carbocycles. The summed E-state index contributed by atoms with van der Waals surface area (Å²) < 4.78 is 1.97. The zero-order valence-corrected chi connectivity index (χ0v) is 12.2. The lowest BCUT2D eigenvalue weighted by Crippen LogP contribution is -2.17. The summed E-state index contributed by atoms with van der Waals surface area (Å²) in [6.07, 6.45) is 1.87. The van der Waals surface area contributed by atoms with Crippen LogP contribution in [0.4, 0.5) is 0 Å². The van der Waals surface area contributed by atoms with Gasteiger partial charge in [0.15, 0.2) is 0 Å².